The largest absolute Gasteiger partial charge is 0.492 e. The van der Waals surface area contributed by atoms with Crippen molar-refractivity contribution in [3.8, 4) is 5.75 Å². The van der Waals surface area contributed by atoms with Crippen molar-refractivity contribution in [1.29, 1.82) is 0 Å². The summed E-state index contributed by atoms with van der Waals surface area (Å²) in [6.45, 7) is 4.45. The lowest BCUT2D eigenvalue weighted by atomic mass is 10.0. The summed E-state index contributed by atoms with van der Waals surface area (Å²) in [7, 11) is 0. The number of ether oxygens (including phenoxy) is 1. The van der Waals surface area contributed by atoms with E-state index < -0.39 is 5.41 Å². The molecule has 0 bridgehead atoms. The van der Waals surface area contributed by atoms with Crippen molar-refractivity contribution in [2.45, 2.75) is 39.2 Å². The molecule has 27 heavy (non-hydrogen) atoms. The maximum absolute atomic E-state index is 13.4. The average Bonchev–Trinajstić information content (AvgIpc) is 3.41. The SMILES string of the molecule is CCOc1ccccc1NC(=O)C1(C(=O)N2c3ccccc3CC2C)CC1. The lowest BCUT2D eigenvalue weighted by molar-refractivity contribution is -0.132. The van der Waals surface area contributed by atoms with Gasteiger partial charge in [0.2, 0.25) is 11.8 Å². The van der Waals surface area contributed by atoms with E-state index in [9.17, 15) is 9.59 Å². The minimum atomic E-state index is -0.967. The monoisotopic (exact) mass is 364 g/mol. The van der Waals surface area contributed by atoms with E-state index in [-0.39, 0.29) is 17.9 Å². The lowest BCUT2D eigenvalue weighted by Gasteiger charge is -2.27. The molecule has 5 heteroatoms. The Bertz CT molecular complexity index is 889. The molecular weight excluding hydrogens is 340 g/mol. The number of para-hydroxylation sites is 3. The van der Waals surface area contributed by atoms with Crippen LogP contribution in [-0.4, -0.2) is 24.5 Å². The maximum Gasteiger partial charge on any atom is 0.242 e. The van der Waals surface area contributed by atoms with E-state index in [1.54, 1.807) is 6.07 Å². The number of hydrogen-bond acceptors (Lipinski definition) is 3. The van der Waals surface area contributed by atoms with Gasteiger partial charge in [0.05, 0.1) is 12.3 Å². The quantitative estimate of drug-likeness (QED) is 0.822. The van der Waals surface area contributed by atoms with Crippen LogP contribution in [0.3, 0.4) is 0 Å². The van der Waals surface area contributed by atoms with Crippen molar-refractivity contribution in [1.82, 2.24) is 0 Å². The minimum Gasteiger partial charge on any atom is -0.492 e. The van der Waals surface area contributed by atoms with Crippen LogP contribution in [0, 0.1) is 5.41 Å². The van der Waals surface area contributed by atoms with Crippen molar-refractivity contribution >= 4 is 23.2 Å². The first kappa shape index (κ1) is 17.6. The molecule has 1 unspecified atom stereocenters. The molecule has 1 fully saturated rings. The van der Waals surface area contributed by atoms with Gasteiger partial charge in [0.15, 0.2) is 0 Å². The fraction of sp³-hybridized carbons (Fsp3) is 0.364. The number of nitrogens with zero attached hydrogens (tertiary/aromatic N) is 1. The van der Waals surface area contributed by atoms with Crippen molar-refractivity contribution in [3.63, 3.8) is 0 Å². The molecular formula is C22H24N2O3. The zero-order chi connectivity index (χ0) is 19.0. The second-order valence-corrected chi connectivity index (χ2v) is 7.32. The maximum atomic E-state index is 13.4. The van der Waals surface area contributed by atoms with Crippen LogP contribution in [0.1, 0.15) is 32.3 Å². The molecule has 1 saturated carbocycles. The van der Waals surface area contributed by atoms with Crippen molar-refractivity contribution in [2.24, 2.45) is 5.41 Å². The zero-order valence-electron chi connectivity index (χ0n) is 15.7. The summed E-state index contributed by atoms with van der Waals surface area (Å²) in [5.74, 6) is 0.291. The van der Waals surface area contributed by atoms with Crippen LogP contribution in [0.25, 0.3) is 0 Å². The Hall–Kier alpha value is -2.82. The standard InChI is InChI=1S/C22H24N2O3/c1-3-27-19-11-7-5-9-17(19)23-20(25)22(12-13-22)21(26)24-15(2)14-16-8-4-6-10-18(16)24/h4-11,15H,3,12-14H2,1-2H3,(H,23,25). The molecule has 0 aromatic heterocycles. The van der Waals surface area contributed by atoms with Crippen LogP contribution >= 0.6 is 0 Å². The molecule has 1 atom stereocenters. The Morgan fingerprint density at radius 1 is 1.15 bits per heavy atom. The Morgan fingerprint density at radius 3 is 2.59 bits per heavy atom. The number of benzene rings is 2. The Labute approximate surface area is 159 Å². The summed E-state index contributed by atoms with van der Waals surface area (Å²) >= 11 is 0. The first-order chi connectivity index (χ1) is 13.1. The molecule has 1 heterocycles. The van der Waals surface area contributed by atoms with Crippen LogP contribution in [0.2, 0.25) is 0 Å². The number of nitrogens with one attached hydrogen (secondary N) is 1. The number of hydrogen-bond donors (Lipinski definition) is 1. The highest BCUT2D eigenvalue weighted by atomic mass is 16.5. The topological polar surface area (TPSA) is 58.6 Å². The third kappa shape index (κ3) is 2.97. The number of carbonyl (C=O) groups is 2. The van der Waals surface area contributed by atoms with Gasteiger partial charge in [0.1, 0.15) is 11.2 Å². The summed E-state index contributed by atoms with van der Waals surface area (Å²) in [4.78, 5) is 28.3. The van der Waals surface area contributed by atoms with Gasteiger partial charge in [-0.15, -0.1) is 0 Å². The van der Waals surface area contributed by atoms with E-state index in [2.05, 4.69) is 11.4 Å². The predicted octanol–water partition coefficient (Wildman–Crippen LogP) is 3.78. The predicted molar refractivity (Wildman–Crippen MR) is 105 cm³/mol. The van der Waals surface area contributed by atoms with Gasteiger partial charge < -0.3 is 15.0 Å². The number of rotatable bonds is 5. The number of amides is 2. The highest BCUT2D eigenvalue weighted by Crippen LogP contribution is 2.50. The summed E-state index contributed by atoms with van der Waals surface area (Å²) < 4.78 is 5.58. The molecule has 1 aliphatic carbocycles. The fourth-order valence-corrected chi connectivity index (χ4v) is 3.86. The molecule has 0 saturated heterocycles. The Morgan fingerprint density at radius 2 is 1.85 bits per heavy atom. The molecule has 2 aromatic carbocycles. The summed E-state index contributed by atoms with van der Waals surface area (Å²) in [5, 5.41) is 2.93. The zero-order valence-corrected chi connectivity index (χ0v) is 15.7. The van der Waals surface area contributed by atoms with Gasteiger partial charge in [-0.05, 0) is 56.9 Å². The van der Waals surface area contributed by atoms with Gasteiger partial charge in [-0.1, -0.05) is 30.3 Å². The smallest absolute Gasteiger partial charge is 0.242 e. The molecule has 4 rings (SSSR count). The Kier molecular flexibility index (Phi) is 4.38. The van der Waals surface area contributed by atoms with Crippen LogP contribution in [-0.2, 0) is 16.0 Å². The molecule has 1 N–H and O–H groups in total. The summed E-state index contributed by atoms with van der Waals surface area (Å²) in [6.07, 6.45) is 1.99. The molecule has 2 amide bonds. The second-order valence-electron chi connectivity index (χ2n) is 7.32. The lowest BCUT2D eigenvalue weighted by Crippen LogP contribution is -2.45. The molecule has 5 nitrogen and oxygen atoms in total. The first-order valence-electron chi connectivity index (χ1n) is 9.51. The van der Waals surface area contributed by atoms with Crippen molar-refractivity contribution in [2.75, 3.05) is 16.8 Å². The first-order valence-corrected chi connectivity index (χ1v) is 9.51. The molecule has 0 radical (unpaired) electrons. The molecule has 2 aliphatic rings. The number of fused-ring (bicyclic) bond motifs is 1. The minimum absolute atomic E-state index is 0.0656. The highest BCUT2D eigenvalue weighted by molar-refractivity contribution is 6.18. The second kappa shape index (κ2) is 6.72. The van der Waals surface area contributed by atoms with Gasteiger partial charge in [-0.25, -0.2) is 0 Å². The Balaban J connectivity index is 1.57. The highest BCUT2D eigenvalue weighted by Gasteiger charge is 2.59. The van der Waals surface area contributed by atoms with E-state index in [0.717, 1.165) is 17.7 Å². The molecule has 140 valence electrons. The number of anilines is 2. The summed E-state index contributed by atoms with van der Waals surface area (Å²) in [5.41, 5.74) is 1.74. The average molecular weight is 364 g/mol. The van der Waals surface area contributed by atoms with Crippen molar-refractivity contribution < 1.29 is 14.3 Å². The summed E-state index contributed by atoms with van der Waals surface area (Å²) in [6, 6.07) is 15.3. The van der Waals surface area contributed by atoms with Gasteiger partial charge in [0, 0.05) is 11.7 Å². The molecule has 1 aliphatic heterocycles. The van der Waals surface area contributed by atoms with Gasteiger partial charge in [-0.3, -0.25) is 9.59 Å². The van der Waals surface area contributed by atoms with E-state index in [0.29, 0.717) is 30.9 Å². The third-order valence-corrected chi connectivity index (χ3v) is 5.46. The van der Waals surface area contributed by atoms with Crippen LogP contribution in [0.5, 0.6) is 5.75 Å². The fourth-order valence-electron chi connectivity index (χ4n) is 3.86. The van der Waals surface area contributed by atoms with Crippen LogP contribution in [0.4, 0.5) is 11.4 Å². The normalized spacial score (nSPS) is 19.3. The molecule has 2 aromatic rings. The van der Waals surface area contributed by atoms with Crippen LogP contribution < -0.4 is 15.0 Å². The van der Waals surface area contributed by atoms with Gasteiger partial charge in [-0.2, -0.15) is 0 Å². The van der Waals surface area contributed by atoms with E-state index in [1.807, 2.05) is 55.1 Å². The van der Waals surface area contributed by atoms with E-state index >= 15 is 0 Å². The van der Waals surface area contributed by atoms with Gasteiger partial charge >= 0.3 is 0 Å². The molecule has 0 spiro atoms. The van der Waals surface area contributed by atoms with Crippen molar-refractivity contribution in [3.05, 3.63) is 54.1 Å². The van der Waals surface area contributed by atoms with E-state index in [4.69, 9.17) is 4.74 Å². The third-order valence-electron chi connectivity index (χ3n) is 5.46. The number of carbonyl (C=O) groups excluding carboxylic acids is 2. The van der Waals surface area contributed by atoms with Crippen LogP contribution in [0.15, 0.2) is 48.5 Å². The van der Waals surface area contributed by atoms with E-state index in [1.165, 1.54) is 0 Å². The van der Waals surface area contributed by atoms with Gasteiger partial charge in [0.25, 0.3) is 0 Å².